The Kier molecular flexibility index (Phi) is 2.97. The van der Waals surface area contributed by atoms with Crippen LogP contribution in [0.1, 0.15) is 13.8 Å². The Bertz CT molecular complexity index is 76.8. The minimum atomic E-state index is -4.49. The molecule has 4 heteroatoms. The SMILES string of the molecule is C[C](C)COC(F)(F)F. The average molecular weight is 141 g/mol. The van der Waals surface area contributed by atoms with Crippen molar-refractivity contribution in [2.45, 2.75) is 20.2 Å². The molecule has 0 aliphatic rings. The van der Waals surface area contributed by atoms with Crippen LogP contribution in [0, 0.1) is 5.92 Å². The second kappa shape index (κ2) is 3.06. The monoisotopic (exact) mass is 141 g/mol. The molecular formula is C5H8F3O. The van der Waals surface area contributed by atoms with Crippen LogP contribution in [0.4, 0.5) is 13.2 Å². The summed E-state index contributed by atoms with van der Waals surface area (Å²) in [5.74, 6) is 0.604. The zero-order valence-corrected chi connectivity index (χ0v) is 5.25. The number of rotatable bonds is 2. The van der Waals surface area contributed by atoms with E-state index < -0.39 is 6.36 Å². The van der Waals surface area contributed by atoms with Crippen LogP contribution in [-0.2, 0) is 4.74 Å². The highest BCUT2D eigenvalue weighted by molar-refractivity contribution is 4.75. The summed E-state index contributed by atoms with van der Waals surface area (Å²) >= 11 is 0. The largest absolute Gasteiger partial charge is 0.522 e. The van der Waals surface area contributed by atoms with E-state index >= 15 is 0 Å². The van der Waals surface area contributed by atoms with Crippen LogP contribution in [0.25, 0.3) is 0 Å². The highest BCUT2D eigenvalue weighted by Crippen LogP contribution is 2.17. The van der Waals surface area contributed by atoms with Crippen molar-refractivity contribution in [3.63, 3.8) is 0 Å². The van der Waals surface area contributed by atoms with E-state index in [9.17, 15) is 13.2 Å². The minimum Gasteiger partial charge on any atom is -0.291 e. The summed E-state index contributed by atoms with van der Waals surface area (Å²) in [7, 11) is 0. The van der Waals surface area contributed by atoms with E-state index in [2.05, 4.69) is 4.74 Å². The molecule has 55 valence electrons. The molecule has 0 saturated heterocycles. The third-order valence-electron chi connectivity index (χ3n) is 0.525. The lowest BCUT2D eigenvalue weighted by atomic mass is 10.2. The molecule has 0 aliphatic carbocycles. The van der Waals surface area contributed by atoms with Crippen molar-refractivity contribution in [2.75, 3.05) is 6.61 Å². The van der Waals surface area contributed by atoms with Crippen LogP contribution in [0.5, 0.6) is 0 Å². The summed E-state index contributed by atoms with van der Waals surface area (Å²) in [6, 6.07) is 0. The number of hydrogen-bond donors (Lipinski definition) is 0. The summed E-state index contributed by atoms with van der Waals surface area (Å²) in [6.45, 7) is 2.81. The van der Waals surface area contributed by atoms with Crippen molar-refractivity contribution in [2.24, 2.45) is 0 Å². The van der Waals surface area contributed by atoms with Gasteiger partial charge in [0.25, 0.3) is 0 Å². The maximum absolute atomic E-state index is 11.2. The lowest BCUT2D eigenvalue weighted by molar-refractivity contribution is -0.322. The third-order valence-corrected chi connectivity index (χ3v) is 0.525. The van der Waals surface area contributed by atoms with Crippen LogP contribution in [0.15, 0.2) is 0 Å². The molecule has 0 rings (SSSR count). The summed E-state index contributed by atoms with van der Waals surface area (Å²) in [6.07, 6.45) is -4.49. The van der Waals surface area contributed by atoms with E-state index in [0.29, 0.717) is 5.92 Å². The van der Waals surface area contributed by atoms with Gasteiger partial charge >= 0.3 is 6.36 Å². The number of ether oxygens (including phenoxy) is 1. The van der Waals surface area contributed by atoms with Gasteiger partial charge in [0.2, 0.25) is 0 Å². The zero-order valence-electron chi connectivity index (χ0n) is 5.25. The molecule has 0 amide bonds. The maximum Gasteiger partial charge on any atom is 0.522 e. The van der Waals surface area contributed by atoms with E-state index in [1.54, 1.807) is 13.8 Å². The molecule has 0 aliphatic heterocycles. The molecule has 0 saturated carbocycles. The van der Waals surface area contributed by atoms with Gasteiger partial charge in [-0.1, -0.05) is 13.8 Å². The summed E-state index contributed by atoms with van der Waals surface area (Å²) < 4.78 is 37.0. The molecule has 0 aromatic heterocycles. The molecule has 0 heterocycles. The Morgan fingerprint density at radius 3 is 1.89 bits per heavy atom. The standard InChI is InChI=1S/C5H8F3O/c1-4(2)3-9-5(6,7)8/h3H2,1-2H3. The zero-order chi connectivity index (χ0) is 7.49. The van der Waals surface area contributed by atoms with E-state index in [4.69, 9.17) is 0 Å². The Balaban J connectivity index is 3.28. The van der Waals surface area contributed by atoms with Gasteiger partial charge in [0.05, 0.1) is 6.61 Å². The smallest absolute Gasteiger partial charge is 0.291 e. The summed E-state index contributed by atoms with van der Waals surface area (Å²) in [5.41, 5.74) is 0. The normalized spacial score (nSPS) is 12.7. The molecule has 0 spiro atoms. The fourth-order valence-electron chi connectivity index (χ4n) is 0.226. The Morgan fingerprint density at radius 2 is 1.78 bits per heavy atom. The van der Waals surface area contributed by atoms with Crippen LogP contribution in [0.3, 0.4) is 0 Å². The first kappa shape index (κ1) is 8.75. The predicted molar refractivity (Wildman–Crippen MR) is 26.6 cm³/mol. The van der Waals surface area contributed by atoms with Crippen LogP contribution < -0.4 is 0 Å². The van der Waals surface area contributed by atoms with Gasteiger partial charge in [-0.2, -0.15) is 0 Å². The highest BCUT2D eigenvalue weighted by Gasteiger charge is 2.28. The average Bonchev–Trinajstić information content (AvgIpc) is 1.59. The van der Waals surface area contributed by atoms with Crippen LogP contribution in [0.2, 0.25) is 0 Å². The van der Waals surface area contributed by atoms with Crippen molar-refractivity contribution in [1.29, 1.82) is 0 Å². The predicted octanol–water partition coefficient (Wildman–Crippen LogP) is 2.14. The Morgan fingerprint density at radius 1 is 1.33 bits per heavy atom. The van der Waals surface area contributed by atoms with Crippen LogP contribution >= 0.6 is 0 Å². The Hall–Kier alpha value is -0.250. The Labute approximate surface area is 51.8 Å². The number of alkyl halides is 3. The van der Waals surface area contributed by atoms with E-state index in [1.165, 1.54) is 0 Å². The molecule has 9 heavy (non-hydrogen) atoms. The summed E-state index contributed by atoms with van der Waals surface area (Å²) in [5, 5.41) is 0. The second-order valence-electron chi connectivity index (χ2n) is 1.94. The van der Waals surface area contributed by atoms with Gasteiger partial charge in [-0.15, -0.1) is 13.2 Å². The highest BCUT2D eigenvalue weighted by atomic mass is 19.4. The molecule has 1 nitrogen and oxygen atoms in total. The first-order valence-electron chi connectivity index (χ1n) is 2.41. The molecule has 0 atom stereocenters. The van der Waals surface area contributed by atoms with Gasteiger partial charge in [-0.05, 0) is 5.92 Å². The quantitative estimate of drug-likeness (QED) is 0.572. The molecule has 0 fully saturated rings. The molecule has 0 aromatic rings. The maximum atomic E-state index is 11.2. The van der Waals surface area contributed by atoms with Crippen LogP contribution in [-0.4, -0.2) is 13.0 Å². The lowest BCUT2D eigenvalue weighted by Crippen LogP contribution is -2.16. The first-order chi connectivity index (χ1) is 3.92. The van der Waals surface area contributed by atoms with E-state index in [-0.39, 0.29) is 6.61 Å². The molecule has 0 aromatic carbocycles. The molecule has 1 radical (unpaired) electrons. The third kappa shape index (κ3) is 7.75. The summed E-state index contributed by atoms with van der Waals surface area (Å²) in [4.78, 5) is 0. The number of halogens is 3. The van der Waals surface area contributed by atoms with Crippen molar-refractivity contribution in [3.05, 3.63) is 5.92 Å². The van der Waals surface area contributed by atoms with Gasteiger partial charge in [0, 0.05) is 0 Å². The fourth-order valence-corrected chi connectivity index (χ4v) is 0.226. The lowest BCUT2D eigenvalue weighted by Gasteiger charge is -2.07. The molecule has 0 bridgehead atoms. The van der Waals surface area contributed by atoms with Gasteiger partial charge in [0.1, 0.15) is 0 Å². The van der Waals surface area contributed by atoms with Crippen molar-refractivity contribution >= 4 is 0 Å². The van der Waals surface area contributed by atoms with Crippen molar-refractivity contribution in [1.82, 2.24) is 0 Å². The van der Waals surface area contributed by atoms with Gasteiger partial charge in [-0.3, -0.25) is 4.74 Å². The fraction of sp³-hybridized carbons (Fsp3) is 0.800. The first-order valence-corrected chi connectivity index (χ1v) is 2.41. The molecule has 0 N–H and O–H groups in total. The van der Waals surface area contributed by atoms with E-state index in [0.717, 1.165) is 0 Å². The molecular weight excluding hydrogens is 133 g/mol. The number of hydrogen-bond acceptors (Lipinski definition) is 1. The van der Waals surface area contributed by atoms with Gasteiger partial charge in [0.15, 0.2) is 0 Å². The van der Waals surface area contributed by atoms with Gasteiger partial charge in [-0.25, -0.2) is 0 Å². The van der Waals surface area contributed by atoms with E-state index in [1.807, 2.05) is 0 Å². The van der Waals surface area contributed by atoms with Crippen molar-refractivity contribution < 1.29 is 17.9 Å². The second-order valence-corrected chi connectivity index (χ2v) is 1.94. The molecule has 0 unspecified atom stereocenters. The van der Waals surface area contributed by atoms with Gasteiger partial charge < -0.3 is 0 Å². The van der Waals surface area contributed by atoms with Crippen molar-refractivity contribution in [3.8, 4) is 0 Å². The minimum absolute atomic E-state index is 0.344. The topological polar surface area (TPSA) is 9.23 Å².